The van der Waals surface area contributed by atoms with Crippen molar-refractivity contribution >= 4 is 23.2 Å². The van der Waals surface area contributed by atoms with E-state index >= 15 is 0 Å². The molecule has 1 aromatic carbocycles. The van der Waals surface area contributed by atoms with E-state index in [1.54, 1.807) is 0 Å². The van der Waals surface area contributed by atoms with Crippen molar-refractivity contribution in [2.24, 2.45) is 5.73 Å². The summed E-state index contributed by atoms with van der Waals surface area (Å²) in [5.41, 5.74) is 5.11. The predicted octanol–water partition coefficient (Wildman–Crippen LogP) is 3.65. The van der Waals surface area contributed by atoms with Gasteiger partial charge in [-0.3, -0.25) is 0 Å². The van der Waals surface area contributed by atoms with Gasteiger partial charge >= 0.3 is 6.18 Å². The Bertz CT molecular complexity index is 384. The summed E-state index contributed by atoms with van der Waals surface area (Å²) < 4.78 is 42.5. The van der Waals surface area contributed by atoms with Crippen molar-refractivity contribution in [1.82, 2.24) is 0 Å². The summed E-state index contributed by atoms with van der Waals surface area (Å²) in [7, 11) is 0. The lowest BCUT2D eigenvalue weighted by Gasteiger charge is -2.21. The molecule has 0 aliphatic carbocycles. The van der Waals surface area contributed by atoms with Crippen molar-refractivity contribution in [3.8, 4) is 5.75 Å². The van der Waals surface area contributed by atoms with Crippen molar-refractivity contribution in [2.75, 3.05) is 6.54 Å². The van der Waals surface area contributed by atoms with Crippen LogP contribution in [0, 0.1) is 0 Å². The van der Waals surface area contributed by atoms with Gasteiger partial charge in [0.1, 0.15) is 5.75 Å². The highest BCUT2D eigenvalue weighted by Crippen LogP contribution is 2.32. The fourth-order valence-corrected chi connectivity index (χ4v) is 1.62. The van der Waals surface area contributed by atoms with Crippen LogP contribution in [0.5, 0.6) is 5.75 Å². The van der Waals surface area contributed by atoms with E-state index in [0.717, 1.165) is 0 Å². The molecule has 0 aliphatic rings. The zero-order valence-corrected chi connectivity index (χ0v) is 10.1. The fraction of sp³-hybridized carbons (Fsp3) is 0.400. The van der Waals surface area contributed by atoms with Gasteiger partial charge in [-0.05, 0) is 24.7 Å². The van der Waals surface area contributed by atoms with Crippen LogP contribution in [0.15, 0.2) is 18.2 Å². The molecule has 0 amide bonds. The van der Waals surface area contributed by atoms with Gasteiger partial charge in [0.05, 0.1) is 5.02 Å². The second-order valence-corrected chi connectivity index (χ2v) is 4.14. The number of rotatable bonds is 4. The Labute approximate surface area is 106 Å². The Kier molecular flexibility index (Phi) is 4.91. The van der Waals surface area contributed by atoms with Crippen molar-refractivity contribution in [3.63, 3.8) is 0 Å². The second kappa shape index (κ2) is 5.80. The van der Waals surface area contributed by atoms with Crippen LogP contribution in [0.2, 0.25) is 10.0 Å². The van der Waals surface area contributed by atoms with Gasteiger partial charge in [0.25, 0.3) is 0 Å². The molecule has 0 saturated carbocycles. The van der Waals surface area contributed by atoms with Crippen LogP contribution in [0.1, 0.15) is 6.42 Å². The summed E-state index contributed by atoms with van der Waals surface area (Å²) in [6, 6.07) is 4.01. The van der Waals surface area contributed by atoms with Crippen LogP contribution in [0.25, 0.3) is 0 Å². The first kappa shape index (κ1) is 14.4. The first-order valence-electron chi connectivity index (χ1n) is 4.73. The summed E-state index contributed by atoms with van der Waals surface area (Å²) in [6.45, 7) is -0.130. The molecule has 7 heteroatoms. The van der Waals surface area contributed by atoms with Gasteiger partial charge in [0.15, 0.2) is 6.10 Å². The lowest BCUT2D eigenvalue weighted by atomic mass is 10.2. The van der Waals surface area contributed by atoms with Crippen LogP contribution in [0.3, 0.4) is 0 Å². The van der Waals surface area contributed by atoms with E-state index in [9.17, 15) is 13.2 Å². The van der Waals surface area contributed by atoms with Gasteiger partial charge in [-0.1, -0.05) is 23.2 Å². The standard InChI is InChI=1S/C10H10Cl2F3NO/c11-6-1-2-8(7(12)5-6)17-9(3-4-16)10(13,14)15/h1-2,5,9H,3-4,16H2. The molecule has 17 heavy (non-hydrogen) atoms. The molecule has 0 heterocycles. The minimum Gasteiger partial charge on any atom is -0.479 e. The molecule has 1 unspecified atom stereocenters. The lowest BCUT2D eigenvalue weighted by molar-refractivity contribution is -0.196. The molecule has 0 spiro atoms. The van der Waals surface area contributed by atoms with Gasteiger partial charge in [0, 0.05) is 11.4 Å². The van der Waals surface area contributed by atoms with Crippen molar-refractivity contribution < 1.29 is 17.9 Å². The van der Waals surface area contributed by atoms with Crippen LogP contribution in [-0.2, 0) is 0 Å². The maximum absolute atomic E-state index is 12.6. The average Bonchev–Trinajstić information content (AvgIpc) is 2.19. The number of halogens is 5. The normalized spacial score (nSPS) is 13.5. The zero-order valence-electron chi connectivity index (χ0n) is 8.60. The van der Waals surface area contributed by atoms with Gasteiger partial charge in [-0.25, -0.2) is 0 Å². The first-order chi connectivity index (χ1) is 7.84. The molecule has 0 saturated heterocycles. The third-order valence-corrected chi connectivity index (χ3v) is 2.49. The fourth-order valence-electron chi connectivity index (χ4n) is 1.16. The van der Waals surface area contributed by atoms with Crippen molar-refractivity contribution in [2.45, 2.75) is 18.7 Å². The molecule has 0 radical (unpaired) electrons. The number of benzene rings is 1. The van der Waals surface area contributed by atoms with E-state index in [2.05, 4.69) is 0 Å². The number of ether oxygens (including phenoxy) is 1. The monoisotopic (exact) mass is 287 g/mol. The lowest BCUT2D eigenvalue weighted by Crippen LogP contribution is -2.36. The van der Waals surface area contributed by atoms with E-state index in [1.807, 2.05) is 0 Å². The number of alkyl halides is 3. The largest absolute Gasteiger partial charge is 0.479 e. The third kappa shape index (κ3) is 4.26. The van der Waals surface area contributed by atoms with Gasteiger partial charge in [-0.2, -0.15) is 13.2 Å². The number of hydrogen-bond acceptors (Lipinski definition) is 2. The quantitative estimate of drug-likeness (QED) is 0.917. The topological polar surface area (TPSA) is 35.2 Å². The molecule has 0 bridgehead atoms. The molecule has 0 aliphatic heterocycles. The zero-order chi connectivity index (χ0) is 13.1. The van der Waals surface area contributed by atoms with Crippen LogP contribution < -0.4 is 10.5 Å². The average molecular weight is 288 g/mol. The van der Waals surface area contributed by atoms with E-state index in [-0.39, 0.29) is 23.7 Å². The predicted molar refractivity (Wildman–Crippen MR) is 60.6 cm³/mol. The summed E-state index contributed by atoms with van der Waals surface area (Å²) in [6.07, 6.45) is -6.78. The van der Waals surface area contributed by atoms with E-state index in [0.29, 0.717) is 5.02 Å². The number of hydrogen-bond donors (Lipinski definition) is 1. The Hall–Kier alpha value is -0.650. The molecule has 1 rings (SSSR count). The summed E-state index contributed by atoms with van der Waals surface area (Å²) in [5.74, 6) is -0.0631. The maximum Gasteiger partial charge on any atom is 0.425 e. The SMILES string of the molecule is NCCC(Oc1ccc(Cl)cc1Cl)C(F)(F)F. The Balaban J connectivity index is 2.86. The molecule has 1 atom stereocenters. The maximum atomic E-state index is 12.6. The summed E-state index contributed by atoms with van der Waals surface area (Å²) in [4.78, 5) is 0. The van der Waals surface area contributed by atoms with E-state index < -0.39 is 12.3 Å². The van der Waals surface area contributed by atoms with Crippen LogP contribution >= 0.6 is 23.2 Å². The second-order valence-electron chi connectivity index (χ2n) is 3.30. The van der Waals surface area contributed by atoms with E-state index in [1.165, 1.54) is 18.2 Å². The molecule has 1 aromatic rings. The van der Waals surface area contributed by atoms with Gasteiger partial charge in [-0.15, -0.1) is 0 Å². The van der Waals surface area contributed by atoms with Gasteiger partial charge < -0.3 is 10.5 Å². The summed E-state index contributed by atoms with van der Waals surface area (Å²) >= 11 is 11.3. The highest BCUT2D eigenvalue weighted by atomic mass is 35.5. The molecular formula is C10H10Cl2F3NO. The molecule has 0 aromatic heterocycles. The first-order valence-corrected chi connectivity index (χ1v) is 5.48. The third-order valence-electron chi connectivity index (χ3n) is 1.96. The molecule has 96 valence electrons. The Morgan fingerprint density at radius 3 is 2.41 bits per heavy atom. The molecule has 0 fully saturated rings. The molecular weight excluding hydrogens is 278 g/mol. The minimum absolute atomic E-state index is 0.0313. The van der Waals surface area contributed by atoms with Crippen LogP contribution in [0.4, 0.5) is 13.2 Å². The van der Waals surface area contributed by atoms with Crippen molar-refractivity contribution in [3.05, 3.63) is 28.2 Å². The smallest absolute Gasteiger partial charge is 0.425 e. The molecule has 2 N–H and O–H groups in total. The molecule has 2 nitrogen and oxygen atoms in total. The summed E-state index contributed by atoms with van der Waals surface area (Å²) in [5, 5.41) is 0.355. The van der Waals surface area contributed by atoms with E-state index in [4.69, 9.17) is 33.7 Å². The highest BCUT2D eigenvalue weighted by Gasteiger charge is 2.41. The Morgan fingerprint density at radius 1 is 1.29 bits per heavy atom. The van der Waals surface area contributed by atoms with Gasteiger partial charge in [0.2, 0.25) is 0 Å². The van der Waals surface area contributed by atoms with Crippen LogP contribution in [-0.4, -0.2) is 18.8 Å². The Morgan fingerprint density at radius 2 is 1.94 bits per heavy atom. The highest BCUT2D eigenvalue weighted by molar-refractivity contribution is 6.35. The minimum atomic E-state index is -4.48. The number of nitrogens with two attached hydrogens (primary N) is 1. The van der Waals surface area contributed by atoms with Crippen molar-refractivity contribution in [1.29, 1.82) is 0 Å².